The van der Waals surface area contributed by atoms with Crippen molar-refractivity contribution in [3.63, 3.8) is 0 Å². The van der Waals surface area contributed by atoms with E-state index in [1.165, 1.54) is 35.4 Å². The number of carboxylic acids is 1. The SMILES string of the molecule is O=C(O)c1ccc(SCc2nnc(-c3cccs3)o2)nc1. The second-order valence-corrected chi connectivity index (χ2v) is 5.90. The van der Waals surface area contributed by atoms with Gasteiger partial charge in [-0.25, -0.2) is 9.78 Å². The first-order valence-corrected chi connectivity index (χ1v) is 7.77. The number of carboxylic acid groups (broad SMARTS) is 1. The fourth-order valence-electron chi connectivity index (χ4n) is 1.54. The summed E-state index contributed by atoms with van der Waals surface area (Å²) in [5, 5.41) is 19.4. The molecule has 3 rings (SSSR count). The molecule has 1 N–H and O–H groups in total. The van der Waals surface area contributed by atoms with E-state index in [0.29, 0.717) is 22.6 Å². The van der Waals surface area contributed by atoms with E-state index in [1.54, 1.807) is 6.07 Å². The van der Waals surface area contributed by atoms with Crippen molar-refractivity contribution >= 4 is 29.1 Å². The van der Waals surface area contributed by atoms with E-state index in [-0.39, 0.29) is 5.56 Å². The molecule has 6 nitrogen and oxygen atoms in total. The summed E-state index contributed by atoms with van der Waals surface area (Å²) in [5.74, 6) is 0.511. The van der Waals surface area contributed by atoms with E-state index in [0.717, 1.165) is 4.88 Å². The Morgan fingerprint density at radius 2 is 2.24 bits per heavy atom. The molecule has 3 aromatic heterocycles. The fourth-order valence-corrected chi connectivity index (χ4v) is 2.86. The fraction of sp³-hybridized carbons (Fsp3) is 0.0769. The van der Waals surface area contributed by atoms with Crippen molar-refractivity contribution in [3.8, 4) is 10.8 Å². The lowest BCUT2D eigenvalue weighted by atomic mass is 10.3. The molecule has 0 saturated heterocycles. The van der Waals surface area contributed by atoms with Gasteiger partial charge >= 0.3 is 5.97 Å². The highest BCUT2D eigenvalue weighted by molar-refractivity contribution is 7.98. The Balaban J connectivity index is 1.64. The molecule has 0 spiro atoms. The van der Waals surface area contributed by atoms with Gasteiger partial charge in [0, 0.05) is 6.20 Å². The first-order valence-electron chi connectivity index (χ1n) is 5.91. The van der Waals surface area contributed by atoms with Gasteiger partial charge in [0.05, 0.1) is 21.2 Å². The number of pyridine rings is 1. The molecule has 106 valence electrons. The Kier molecular flexibility index (Phi) is 3.98. The molecule has 8 heteroatoms. The van der Waals surface area contributed by atoms with Crippen LogP contribution >= 0.6 is 23.1 Å². The van der Waals surface area contributed by atoms with Crippen molar-refractivity contribution in [2.45, 2.75) is 10.8 Å². The van der Waals surface area contributed by atoms with Crippen molar-refractivity contribution < 1.29 is 14.3 Å². The van der Waals surface area contributed by atoms with E-state index >= 15 is 0 Å². The van der Waals surface area contributed by atoms with E-state index in [2.05, 4.69) is 15.2 Å². The van der Waals surface area contributed by atoms with Gasteiger partial charge in [-0.05, 0) is 23.6 Å². The van der Waals surface area contributed by atoms with Gasteiger partial charge in [-0.2, -0.15) is 0 Å². The molecular formula is C13H9N3O3S2. The third-order valence-corrected chi connectivity index (χ3v) is 4.31. The third kappa shape index (κ3) is 3.29. The van der Waals surface area contributed by atoms with Gasteiger partial charge < -0.3 is 9.52 Å². The molecule has 0 aromatic carbocycles. The number of aromatic nitrogens is 3. The zero-order valence-corrected chi connectivity index (χ0v) is 12.2. The Hall–Kier alpha value is -2.19. The number of rotatable bonds is 5. The summed E-state index contributed by atoms with van der Waals surface area (Å²) in [6.07, 6.45) is 1.33. The van der Waals surface area contributed by atoms with Crippen LogP contribution in [0.2, 0.25) is 0 Å². The lowest BCUT2D eigenvalue weighted by molar-refractivity contribution is 0.0696. The van der Waals surface area contributed by atoms with Crippen LogP contribution in [-0.2, 0) is 5.75 Å². The number of aromatic carboxylic acids is 1. The number of hydrogen-bond acceptors (Lipinski definition) is 7. The van der Waals surface area contributed by atoms with Crippen molar-refractivity contribution in [2.75, 3.05) is 0 Å². The molecule has 3 heterocycles. The second kappa shape index (κ2) is 6.06. The van der Waals surface area contributed by atoms with Crippen molar-refractivity contribution in [3.05, 3.63) is 47.3 Å². The van der Waals surface area contributed by atoms with Gasteiger partial charge in [0.1, 0.15) is 0 Å². The molecule has 0 atom stereocenters. The largest absolute Gasteiger partial charge is 0.478 e. The van der Waals surface area contributed by atoms with Crippen LogP contribution in [0.3, 0.4) is 0 Å². The molecule has 0 radical (unpaired) electrons. The van der Waals surface area contributed by atoms with Gasteiger partial charge in [-0.3, -0.25) is 0 Å². The van der Waals surface area contributed by atoms with Crippen molar-refractivity contribution in [1.29, 1.82) is 0 Å². The van der Waals surface area contributed by atoms with Crippen LogP contribution in [0.15, 0.2) is 45.3 Å². The number of thiophene rings is 1. The second-order valence-electron chi connectivity index (χ2n) is 3.96. The Morgan fingerprint density at radius 1 is 1.33 bits per heavy atom. The number of thioether (sulfide) groups is 1. The number of carbonyl (C=O) groups is 1. The summed E-state index contributed by atoms with van der Waals surface area (Å²) in [6.45, 7) is 0. The van der Waals surface area contributed by atoms with Crippen LogP contribution in [0, 0.1) is 0 Å². The highest BCUT2D eigenvalue weighted by Crippen LogP contribution is 2.25. The van der Waals surface area contributed by atoms with Gasteiger partial charge in [0.25, 0.3) is 5.89 Å². The number of nitrogens with zero attached hydrogens (tertiary/aromatic N) is 3. The van der Waals surface area contributed by atoms with Gasteiger partial charge in [0.15, 0.2) is 0 Å². The summed E-state index contributed by atoms with van der Waals surface area (Å²) >= 11 is 2.94. The predicted molar refractivity (Wildman–Crippen MR) is 78.4 cm³/mol. The smallest absolute Gasteiger partial charge is 0.337 e. The van der Waals surface area contributed by atoms with Crippen LogP contribution < -0.4 is 0 Å². The molecule has 21 heavy (non-hydrogen) atoms. The molecular weight excluding hydrogens is 310 g/mol. The van der Waals surface area contributed by atoms with Crippen LogP contribution in [0.25, 0.3) is 10.8 Å². The highest BCUT2D eigenvalue weighted by Gasteiger charge is 2.10. The molecule has 0 aliphatic rings. The zero-order chi connectivity index (χ0) is 14.7. The molecule has 0 aliphatic heterocycles. The predicted octanol–water partition coefficient (Wildman–Crippen LogP) is 3.18. The van der Waals surface area contributed by atoms with Crippen LogP contribution in [0.1, 0.15) is 16.2 Å². The minimum atomic E-state index is -0.989. The highest BCUT2D eigenvalue weighted by atomic mass is 32.2. The molecule has 0 saturated carbocycles. The Morgan fingerprint density at radius 3 is 2.90 bits per heavy atom. The van der Waals surface area contributed by atoms with E-state index < -0.39 is 5.97 Å². The molecule has 0 bridgehead atoms. The molecule has 0 amide bonds. The molecule has 0 fully saturated rings. The van der Waals surface area contributed by atoms with E-state index in [1.807, 2.05) is 17.5 Å². The minimum absolute atomic E-state index is 0.164. The standard InChI is InChI=1S/C13H9N3O3S2/c17-13(18)8-3-4-11(14-6-8)21-7-10-15-16-12(19-10)9-2-1-5-20-9/h1-6H,7H2,(H,17,18). The summed E-state index contributed by atoms with van der Waals surface area (Å²) in [7, 11) is 0. The van der Waals surface area contributed by atoms with E-state index in [9.17, 15) is 4.79 Å². The first-order chi connectivity index (χ1) is 10.2. The molecule has 3 aromatic rings. The maximum atomic E-state index is 10.7. The topological polar surface area (TPSA) is 89.1 Å². The summed E-state index contributed by atoms with van der Waals surface area (Å²) in [4.78, 5) is 15.7. The van der Waals surface area contributed by atoms with E-state index in [4.69, 9.17) is 9.52 Å². The summed E-state index contributed by atoms with van der Waals surface area (Å²) in [6, 6.07) is 7.01. The van der Waals surface area contributed by atoms with Gasteiger partial charge in [-0.15, -0.1) is 21.5 Å². The van der Waals surface area contributed by atoms with Crippen LogP contribution in [-0.4, -0.2) is 26.3 Å². The molecule has 0 aliphatic carbocycles. The van der Waals surface area contributed by atoms with Gasteiger partial charge in [0.2, 0.25) is 5.89 Å². The molecule has 0 unspecified atom stereocenters. The quantitative estimate of drug-likeness (QED) is 0.722. The maximum Gasteiger partial charge on any atom is 0.337 e. The average molecular weight is 319 g/mol. The Labute approximate surface area is 127 Å². The minimum Gasteiger partial charge on any atom is -0.478 e. The average Bonchev–Trinajstić information content (AvgIpc) is 3.16. The van der Waals surface area contributed by atoms with Crippen LogP contribution in [0.5, 0.6) is 0 Å². The lowest BCUT2D eigenvalue weighted by Gasteiger charge is -1.98. The summed E-state index contributed by atoms with van der Waals surface area (Å²) < 4.78 is 5.56. The van der Waals surface area contributed by atoms with Gasteiger partial charge in [-0.1, -0.05) is 17.8 Å². The lowest BCUT2D eigenvalue weighted by Crippen LogP contribution is -1.96. The summed E-state index contributed by atoms with van der Waals surface area (Å²) in [5.41, 5.74) is 0.164. The third-order valence-electron chi connectivity index (χ3n) is 2.53. The first kappa shape index (κ1) is 13.8. The van der Waals surface area contributed by atoms with Crippen molar-refractivity contribution in [2.24, 2.45) is 0 Å². The van der Waals surface area contributed by atoms with Crippen LogP contribution in [0.4, 0.5) is 0 Å². The monoisotopic (exact) mass is 319 g/mol. The maximum absolute atomic E-state index is 10.7. The normalized spacial score (nSPS) is 10.7. The van der Waals surface area contributed by atoms with Crippen molar-refractivity contribution in [1.82, 2.24) is 15.2 Å². The zero-order valence-electron chi connectivity index (χ0n) is 10.6. The number of hydrogen-bond donors (Lipinski definition) is 1. The Bertz CT molecular complexity index is 738.